The number of hydrogen-bond donors (Lipinski definition) is 4. The number of nitrogens with zero attached hydrogens (tertiary/aromatic N) is 1. The smallest absolute Gasteiger partial charge is 0.408 e. The number of phenolic OH excluding ortho intramolecular Hbond substituents is 1. The largest absolute Gasteiger partial charge is 0.508 e. The van der Waals surface area contributed by atoms with Gasteiger partial charge in [-0.1, -0.05) is 36.4 Å². The van der Waals surface area contributed by atoms with E-state index in [1.54, 1.807) is 65.0 Å². The van der Waals surface area contributed by atoms with Crippen LogP contribution >= 0.6 is 0 Å². The second kappa shape index (κ2) is 11.7. The highest BCUT2D eigenvalue weighted by molar-refractivity contribution is 5.99. The number of nitrogens with one attached hydrogen (secondary N) is 2. The van der Waals surface area contributed by atoms with Crippen molar-refractivity contribution in [3.05, 3.63) is 59.7 Å². The number of rotatable bonds is 8. The molecular weight excluding hydrogens is 450 g/mol. The Morgan fingerprint density at radius 1 is 1.03 bits per heavy atom. The zero-order chi connectivity index (χ0) is 26.3. The summed E-state index contributed by atoms with van der Waals surface area (Å²) in [6, 6.07) is 10.3. The fourth-order valence-corrected chi connectivity index (χ4v) is 3.55. The van der Waals surface area contributed by atoms with Crippen molar-refractivity contribution < 1.29 is 29.3 Å². The number of carbonyl (C=O) groups is 3. The molecule has 0 radical (unpaired) electrons. The van der Waals surface area contributed by atoms with Crippen LogP contribution in [0.2, 0.25) is 0 Å². The second-order valence-corrected chi connectivity index (χ2v) is 9.49. The van der Waals surface area contributed by atoms with Crippen molar-refractivity contribution >= 4 is 23.6 Å². The van der Waals surface area contributed by atoms with Crippen molar-refractivity contribution in [1.82, 2.24) is 10.2 Å². The summed E-state index contributed by atoms with van der Waals surface area (Å²) in [6.45, 7) is 9.55. The van der Waals surface area contributed by atoms with Gasteiger partial charge in [0.25, 0.3) is 5.91 Å². The van der Waals surface area contributed by atoms with Gasteiger partial charge in [0.05, 0.1) is 6.61 Å². The molecule has 35 heavy (non-hydrogen) atoms. The van der Waals surface area contributed by atoms with Crippen LogP contribution in [0.1, 0.15) is 51.8 Å². The first kappa shape index (κ1) is 27.7. The standard InChI is InChI=1S/C26H35N3O6/c1-16(2)29(24(33)20(15-30)28-25(34)35-26(4,5)6)22(18-12-8-10-14-21(18)31)23(32)27-19-13-9-7-11-17(19)3/h7-14,16,20,22,30-31H,15H2,1-6H3,(H,27,32)(H,28,34). The summed E-state index contributed by atoms with van der Waals surface area (Å²) in [6.07, 6.45) is -0.878. The maximum absolute atomic E-state index is 13.6. The molecule has 3 amide bonds. The molecule has 0 saturated heterocycles. The summed E-state index contributed by atoms with van der Waals surface area (Å²) >= 11 is 0. The van der Waals surface area contributed by atoms with Crippen molar-refractivity contribution in [1.29, 1.82) is 0 Å². The van der Waals surface area contributed by atoms with Crippen LogP contribution in [0.4, 0.5) is 10.5 Å². The van der Waals surface area contributed by atoms with Crippen molar-refractivity contribution in [3.8, 4) is 5.75 Å². The molecule has 2 rings (SSSR count). The number of hydrogen-bond acceptors (Lipinski definition) is 6. The summed E-state index contributed by atoms with van der Waals surface area (Å²) in [4.78, 5) is 40.7. The lowest BCUT2D eigenvalue weighted by Crippen LogP contribution is -2.55. The van der Waals surface area contributed by atoms with E-state index >= 15 is 0 Å². The number of aliphatic hydroxyl groups excluding tert-OH is 1. The predicted octanol–water partition coefficient (Wildman–Crippen LogP) is 3.50. The van der Waals surface area contributed by atoms with Crippen LogP contribution in [0.5, 0.6) is 5.75 Å². The number of carbonyl (C=O) groups excluding carboxylic acids is 3. The molecule has 0 aromatic heterocycles. The molecule has 0 aliphatic heterocycles. The number of amides is 3. The number of aryl methyl sites for hydroxylation is 1. The molecule has 9 heteroatoms. The van der Waals surface area contributed by atoms with Gasteiger partial charge in [0.2, 0.25) is 5.91 Å². The van der Waals surface area contributed by atoms with Crippen LogP contribution in [0.15, 0.2) is 48.5 Å². The van der Waals surface area contributed by atoms with Gasteiger partial charge in [-0.3, -0.25) is 9.59 Å². The lowest BCUT2D eigenvalue weighted by molar-refractivity contribution is -0.143. The topological polar surface area (TPSA) is 128 Å². The Balaban J connectivity index is 2.48. The number of anilines is 1. The first-order chi connectivity index (χ1) is 16.4. The first-order valence-corrected chi connectivity index (χ1v) is 11.4. The van der Waals surface area contributed by atoms with Gasteiger partial charge in [-0.25, -0.2) is 4.79 Å². The SMILES string of the molecule is Cc1ccccc1NC(=O)C(c1ccccc1O)N(C(=O)C(CO)NC(=O)OC(C)(C)C)C(C)C. The quantitative estimate of drug-likeness (QED) is 0.453. The van der Waals surface area contributed by atoms with Crippen molar-refractivity contribution in [2.45, 2.75) is 65.3 Å². The summed E-state index contributed by atoms with van der Waals surface area (Å²) in [5.74, 6) is -1.44. The van der Waals surface area contributed by atoms with E-state index in [-0.39, 0.29) is 11.3 Å². The summed E-state index contributed by atoms with van der Waals surface area (Å²) < 4.78 is 5.21. The third kappa shape index (κ3) is 7.45. The minimum Gasteiger partial charge on any atom is -0.508 e. The van der Waals surface area contributed by atoms with Gasteiger partial charge in [0.15, 0.2) is 0 Å². The highest BCUT2D eigenvalue weighted by atomic mass is 16.6. The lowest BCUT2D eigenvalue weighted by atomic mass is 10.00. The Hall–Kier alpha value is -3.59. The molecule has 2 unspecified atom stereocenters. The number of aromatic hydroxyl groups is 1. The van der Waals surface area contributed by atoms with E-state index in [0.29, 0.717) is 5.69 Å². The van der Waals surface area contributed by atoms with Gasteiger partial charge in [-0.15, -0.1) is 0 Å². The minimum absolute atomic E-state index is 0.170. The molecule has 0 spiro atoms. The number of ether oxygens (including phenoxy) is 1. The van der Waals surface area contributed by atoms with Crippen molar-refractivity contribution in [2.75, 3.05) is 11.9 Å². The average molecular weight is 486 g/mol. The molecule has 0 bridgehead atoms. The van der Waals surface area contributed by atoms with E-state index in [4.69, 9.17) is 4.74 Å². The van der Waals surface area contributed by atoms with Gasteiger partial charge in [-0.2, -0.15) is 0 Å². The fourth-order valence-electron chi connectivity index (χ4n) is 3.55. The molecule has 190 valence electrons. The molecule has 0 aliphatic rings. The Morgan fingerprint density at radius 2 is 1.63 bits per heavy atom. The summed E-state index contributed by atoms with van der Waals surface area (Å²) in [5.41, 5.74) is 0.768. The van der Waals surface area contributed by atoms with Crippen molar-refractivity contribution in [3.63, 3.8) is 0 Å². The maximum atomic E-state index is 13.6. The van der Waals surface area contributed by atoms with Gasteiger partial charge in [-0.05, 0) is 59.2 Å². The zero-order valence-corrected chi connectivity index (χ0v) is 21.0. The molecule has 4 N–H and O–H groups in total. The normalized spacial score (nSPS) is 13.0. The van der Waals surface area contributed by atoms with E-state index in [1.165, 1.54) is 11.0 Å². The zero-order valence-electron chi connectivity index (χ0n) is 21.0. The van der Waals surface area contributed by atoms with Crippen LogP contribution in [-0.4, -0.2) is 57.3 Å². The molecule has 2 atom stereocenters. The van der Waals surface area contributed by atoms with Crippen LogP contribution in [0, 0.1) is 6.92 Å². The van der Waals surface area contributed by atoms with Crippen LogP contribution in [0.3, 0.4) is 0 Å². The Bertz CT molecular complexity index is 1050. The number of alkyl carbamates (subject to hydrolysis) is 1. The summed E-state index contributed by atoms with van der Waals surface area (Å²) in [5, 5.41) is 25.7. The fraction of sp³-hybridized carbons (Fsp3) is 0.423. The monoisotopic (exact) mass is 485 g/mol. The van der Waals surface area contributed by atoms with Crippen molar-refractivity contribution in [2.24, 2.45) is 0 Å². The molecule has 0 fully saturated rings. The van der Waals surface area contributed by atoms with Crippen LogP contribution in [-0.2, 0) is 14.3 Å². The number of aliphatic hydroxyl groups is 1. The third-order valence-electron chi connectivity index (χ3n) is 5.14. The molecule has 2 aromatic carbocycles. The van der Waals surface area contributed by atoms with E-state index < -0.39 is 48.2 Å². The third-order valence-corrected chi connectivity index (χ3v) is 5.14. The maximum Gasteiger partial charge on any atom is 0.408 e. The highest BCUT2D eigenvalue weighted by Crippen LogP contribution is 2.32. The minimum atomic E-state index is -1.37. The van der Waals surface area contributed by atoms with Gasteiger partial charge >= 0.3 is 6.09 Å². The number of benzene rings is 2. The van der Waals surface area contributed by atoms with Crippen LogP contribution < -0.4 is 10.6 Å². The highest BCUT2D eigenvalue weighted by Gasteiger charge is 2.38. The first-order valence-electron chi connectivity index (χ1n) is 11.4. The summed E-state index contributed by atoms with van der Waals surface area (Å²) in [7, 11) is 0. The van der Waals surface area contributed by atoms with Gasteiger partial charge in [0, 0.05) is 17.3 Å². The van der Waals surface area contributed by atoms with Crippen LogP contribution in [0.25, 0.3) is 0 Å². The van der Waals surface area contributed by atoms with Gasteiger partial charge in [0.1, 0.15) is 23.4 Å². The second-order valence-electron chi connectivity index (χ2n) is 9.49. The molecule has 0 saturated carbocycles. The van der Waals surface area contributed by atoms with E-state index in [9.17, 15) is 24.6 Å². The Morgan fingerprint density at radius 3 is 2.17 bits per heavy atom. The average Bonchev–Trinajstić information content (AvgIpc) is 2.76. The molecule has 9 nitrogen and oxygen atoms in total. The molecule has 0 aliphatic carbocycles. The number of para-hydroxylation sites is 2. The van der Waals surface area contributed by atoms with Gasteiger partial charge < -0.3 is 30.5 Å². The van der Waals surface area contributed by atoms with E-state index in [0.717, 1.165) is 5.56 Å². The van der Waals surface area contributed by atoms with E-state index in [1.807, 2.05) is 19.1 Å². The predicted molar refractivity (Wildman–Crippen MR) is 133 cm³/mol. The number of phenols is 1. The molecular formula is C26H35N3O6. The Kier molecular flexibility index (Phi) is 9.25. The lowest BCUT2D eigenvalue weighted by Gasteiger charge is -2.37. The molecule has 0 heterocycles. The molecule has 2 aromatic rings. The Labute approximate surface area is 206 Å². The van der Waals surface area contributed by atoms with E-state index in [2.05, 4.69) is 10.6 Å².